The molecule has 0 aromatic heterocycles. The summed E-state index contributed by atoms with van der Waals surface area (Å²) in [6, 6.07) is 21.2. The van der Waals surface area contributed by atoms with Crippen LogP contribution >= 0.6 is 4.73 Å². The van der Waals surface area contributed by atoms with Crippen molar-refractivity contribution in [1.82, 2.24) is 0 Å². The molecule has 0 atom stereocenters. The zero-order valence-corrected chi connectivity index (χ0v) is 12.5. The molecule has 0 saturated carbocycles. The third-order valence-corrected chi connectivity index (χ3v) is 14.4. The predicted octanol–water partition coefficient (Wildman–Crippen LogP) is 2.78. The predicted molar refractivity (Wildman–Crippen MR) is 78.1 cm³/mol. The summed E-state index contributed by atoms with van der Waals surface area (Å²) in [6.45, 7) is 0. The first kappa shape index (κ1) is 12.1. The Balaban J connectivity index is 2.54. The van der Waals surface area contributed by atoms with E-state index in [0.29, 0.717) is 14.5 Å². The van der Waals surface area contributed by atoms with Gasteiger partial charge >= 0.3 is 108 Å². The fraction of sp³-hybridized carbons (Fsp3) is 0.0769. The average molecular weight is 311 g/mol. The number of hydrogen-bond acceptors (Lipinski definition) is 1. The van der Waals surface area contributed by atoms with E-state index in [9.17, 15) is 0 Å². The quantitative estimate of drug-likeness (QED) is 0.620. The zero-order valence-electron chi connectivity index (χ0n) is 9.04. The van der Waals surface area contributed by atoms with Gasteiger partial charge in [-0.2, -0.15) is 0 Å². The Morgan fingerprint density at radius 1 is 0.812 bits per heavy atom. The van der Waals surface area contributed by atoms with E-state index < -0.39 is 4.73 Å². The second-order valence-electron chi connectivity index (χ2n) is 3.41. The number of hydrogen-bond donors (Lipinski definition) is 0. The molecule has 0 radical (unpaired) electrons. The molecule has 0 amide bonds. The van der Waals surface area contributed by atoms with Gasteiger partial charge in [0.25, 0.3) is 0 Å². The first-order valence-electron chi connectivity index (χ1n) is 5.04. The molecule has 0 N–H and O–H groups in total. The van der Waals surface area contributed by atoms with Crippen LogP contribution in [0.2, 0.25) is 5.82 Å². The van der Waals surface area contributed by atoms with Gasteiger partial charge in [0, 0.05) is 0 Å². The van der Waals surface area contributed by atoms with Crippen molar-refractivity contribution in [3.8, 4) is 0 Å². The van der Waals surface area contributed by atoms with Gasteiger partial charge in [-0.05, 0) is 0 Å². The van der Waals surface area contributed by atoms with Crippen LogP contribution < -0.4 is 10.6 Å². The zero-order chi connectivity index (χ0) is 11.4. The molecular formula is C13H13PSSe. The van der Waals surface area contributed by atoms with E-state index in [4.69, 9.17) is 11.8 Å². The summed E-state index contributed by atoms with van der Waals surface area (Å²) >= 11 is 6.44. The molecule has 82 valence electrons. The first-order chi connectivity index (χ1) is 7.77. The van der Waals surface area contributed by atoms with Gasteiger partial charge in [-0.15, -0.1) is 0 Å². The molecule has 0 spiro atoms. The molecule has 2 aromatic rings. The summed E-state index contributed by atoms with van der Waals surface area (Å²) in [7, 11) is 0. The van der Waals surface area contributed by atoms with Gasteiger partial charge in [0.15, 0.2) is 0 Å². The van der Waals surface area contributed by atoms with E-state index >= 15 is 0 Å². The van der Waals surface area contributed by atoms with Crippen LogP contribution in [-0.4, -0.2) is 14.5 Å². The van der Waals surface area contributed by atoms with Gasteiger partial charge < -0.3 is 0 Å². The molecule has 0 heterocycles. The molecule has 0 aliphatic heterocycles. The van der Waals surface area contributed by atoms with Gasteiger partial charge in [0.05, 0.1) is 0 Å². The fourth-order valence-corrected chi connectivity index (χ4v) is 8.37. The molecule has 0 bridgehead atoms. The maximum absolute atomic E-state index is 5.98. The Bertz CT molecular complexity index is 452. The minimum atomic E-state index is -1.51. The Morgan fingerprint density at radius 3 is 1.50 bits per heavy atom. The van der Waals surface area contributed by atoms with Crippen LogP contribution in [0, 0.1) is 0 Å². The van der Waals surface area contributed by atoms with Crippen LogP contribution in [0.1, 0.15) is 0 Å². The van der Waals surface area contributed by atoms with Crippen molar-refractivity contribution in [1.29, 1.82) is 0 Å². The third-order valence-electron chi connectivity index (χ3n) is 2.45. The summed E-state index contributed by atoms with van der Waals surface area (Å²) < 4.78 is -1.51. The van der Waals surface area contributed by atoms with Gasteiger partial charge in [0.1, 0.15) is 0 Å². The van der Waals surface area contributed by atoms with Crippen molar-refractivity contribution in [3.63, 3.8) is 0 Å². The van der Waals surface area contributed by atoms with E-state index in [1.165, 1.54) is 10.6 Å². The average Bonchev–Trinajstić information content (AvgIpc) is 2.40. The molecular weight excluding hydrogens is 298 g/mol. The van der Waals surface area contributed by atoms with Crippen LogP contribution in [0.5, 0.6) is 0 Å². The van der Waals surface area contributed by atoms with Crippen LogP contribution in [0.25, 0.3) is 0 Å². The van der Waals surface area contributed by atoms with Gasteiger partial charge in [0.2, 0.25) is 0 Å². The van der Waals surface area contributed by atoms with Crippen molar-refractivity contribution in [2.24, 2.45) is 0 Å². The van der Waals surface area contributed by atoms with Gasteiger partial charge in [-0.1, -0.05) is 0 Å². The normalized spacial score (nSPS) is 11.3. The SMILES string of the molecule is C[Se]P(=S)(c1ccccc1)c1ccccc1. The van der Waals surface area contributed by atoms with Crippen molar-refractivity contribution in [2.45, 2.75) is 5.82 Å². The molecule has 0 unspecified atom stereocenters. The van der Waals surface area contributed by atoms with Crippen molar-refractivity contribution >= 4 is 41.7 Å². The molecule has 3 heteroatoms. The fourth-order valence-electron chi connectivity index (χ4n) is 1.61. The second kappa shape index (κ2) is 5.29. The number of benzene rings is 2. The monoisotopic (exact) mass is 312 g/mol. The first-order valence-corrected chi connectivity index (χ1v) is 11.8. The van der Waals surface area contributed by atoms with Gasteiger partial charge in [-0.3, -0.25) is 0 Å². The molecule has 0 nitrogen and oxygen atoms in total. The molecule has 0 aliphatic carbocycles. The molecule has 0 saturated heterocycles. The van der Waals surface area contributed by atoms with E-state index in [0.717, 1.165) is 0 Å². The molecule has 0 aliphatic rings. The van der Waals surface area contributed by atoms with E-state index in [1.54, 1.807) is 0 Å². The summed E-state index contributed by atoms with van der Waals surface area (Å²) in [5, 5.41) is 2.69. The summed E-state index contributed by atoms with van der Waals surface area (Å²) in [5.74, 6) is 2.26. The van der Waals surface area contributed by atoms with Crippen LogP contribution in [0.15, 0.2) is 60.7 Å². The van der Waals surface area contributed by atoms with Crippen molar-refractivity contribution < 1.29 is 0 Å². The topological polar surface area (TPSA) is 0 Å². The minimum absolute atomic E-state index is 0.463. The number of rotatable bonds is 3. The van der Waals surface area contributed by atoms with E-state index in [1.807, 2.05) is 0 Å². The third kappa shape index (κ3) is 2.31. The Kier molecular flexibility index (Phi) is 4.00. The molecule has 2 rings (SSSR count). The van der Waals surface area contributed by atoms with Crippen molar-refractivity contribution in [2.75, 3.05) is 0 Å². The van der Waals surface area contributed by atoms with Gasteiger partial charge in [-0.25, -0.2) is 0 Å². The molecule has 16 heavy (non-hydrogen) atoms. The van der Waals surface area contributed by atoms with Crippen LogP contribution in [0.3, 0.4) is 0 Å². The Hall–Kier alpha value is -0.391. The Morgan fingerprint density at radius 2 is 1.19 bits per heavy atom. The maximum atomic E-state index is 5.98. The van der Waals surface area contributed by atoms with E-state index in [-0.39, 0.29) is 0 Å². The molecule has 0 fully saturated rings. The summed E-state index contributed by atoms with van der Waals surface area (Å²) in [6.07, 6.45) is 0. The standard InChI is InChI=1S/C13H13PSSe/c1-16-14(15,12-8-4-2-5-9-12)13-10-6-3-7-11-13/h2-11H,1H3. The van der Waals surface area contributed by atoms with Crippen LogP contribution in [-0.2, 0) is 11.8 Å². The second-order valence-corrected chi connectivity index (χ2v) is 14.9. The molecule has 2 aromatic carbocycles. The Labute approximate surface area is 108 Å². The summed E-state index contributed by atoms with van der Waals surface area (Å²) in [5.41, 5.74) is 0. The van der Waals surface area contributed by atoms with Crippen LogP contribution in [0.4, 0.5) is 0 Å². The summed E-state index contributed by atoms with van der Waals surface area (Å²) in [4.78, 5) is 0. The van der Waals surface area contributed by atoms with Crippen molar-refractivity contribution in [3.05, 3.63) is 60.7 Å². The van der Waals surface area contributed by atoms with E-state index in [2.05, 4.69) is 66.5 Å².